The molecule has 0 fully saturated rings. The lowest BCUT2D eigenvalue weighted by molar-refractivity contribution is -0.141. The monoisotopic (exact) mass is 555 g/mol. The number of halogens is 3. The van der Waals surface area contributed by atoms with Crippen LogP contribution in [0.4, 0.5) is 18.9 Å². The molecule has 7 nitrogen and oxygen atoms in total. The van der Waals surface area contributed by atoms with Crippen molar-refractivity contribution in [3.63, 3.8) is 0 Å². The van der Waals surface area contributed by atoms with Gasteiger partial charge in [-0.2, -0.15) is 13.2 Å². The van der Waals surface area contributed by atoms with E-state index < -0.39 is 33.3 Å². The predicted octanol–water partition coefficient (Wildman–Crippen LogP) is 4.89. The van der Waals surface area contributed by atoms with Gasteiger partial charge in [-0.15, -0.1) is 0 Å². The molecule has 0 saturated carbocycles. The zero-order chi connectivity index (χ0) is 28.9. The van der Waals surface area contributed by atoms with Crippen molar-refractivity contribution in [3.8, 4) is 0 Å². The number of hydrogen-bond acceptors (Lipinski definition) is 4. The number of sulfonamides is 1. The zero-order valence-corrected chi connectivity index (χ0v) is 23.4. The van der Waals surface area contributed by atoms with E-state index in [-0.39, 0.29) is 43.4 Å². The molecule has 11 heteroatoms. The maximum absolute atomic E-state index is 13.3. The third-order valence-corrected chi connectivity index (χ3v) is 6.95. The summed E-state index contributed by atoms with van der Waals surface area (Å²) in [6.07, 6.45) is -3.79. The number of hydrogen-bond donors (Lipinski definition) is 1. The van der Waals surface area contributed by atoms with Crippen molar-refractivity contribution in [2.24, 2.45) is 0 Å². The van der Waals surface area contributed by atoms with Gasteiger partial charge in [-0.25, -0.2) is 8.42 Å². The molecule has 0 radical (unpaired) electrons. The number of carbonyl (C=O) groups is 2. The molecule has 1 atom stereocenters. The Morgan fingerprint density at radius 1 is 1.03 bits per heavy atom. The van der Waals surface area contributed by atoms with Gasteiger partial charge in [0.25, 0.3) is 0 Å². The highest BCUT2D eigenvalue weighted by atomic mass is 32.2. The molecular weight excluding hydrogens is 519 g/mol. The van der Waals surface area contributed by atoms with E-state index in [0.29, 0.717) is 0 Å². The smallest absolute Gasteiger partial charge is 0.350 e. The highest BCUT2D eigenvalue weighted by Gasteiger charge is 2.32. The normalized spacial score (nSPS) is 13.1. The van der Waals surface area contributed by atoms with Crippen LogP contribution in [0.25, 0.3) is 0 Å². The first kappa shape index (κ1) is 31.1. The molecule has 2 amide bonds. The Kier molecular flexibility index (Phi) is 9.99. The third-order valence-electron chi connectivity index (χ3n) is 5.75. The number of anilines is 1. The number of aryl methyl sites for hydroxylation is 1. The molecule has 0 spiro atoms. The number of amides is 2. The Hall–Kier alpha value is -3.08. The first-order chi connectivity index (χ1) is 17.4. The van der Waals surface area contributed by atoms with Crippen LogP contribution in [0, 0.1) is 6.92 Å². The molecule has 2 aromatic carbocycles. The second-order valence-corrected chi connectivity index (χ2v) is 12.3. The van der Waals surface area contributed by atoms with E-state index in [1.165, 1.54) is 11.0 Å². The quantitative estimate of drug-likeness (QED) is 0.452. The number of nitrogens with zero attached hydrogens (tertiary/aromatic N) is 2. The minimum absolute atomic E-state index is 0.0418. The van der Waals surface area contributed by atoms with E-state index in [2.05, 4.69) is 5.32 Å². The lowest BCUT2D eigenvalue weighted by atomic mass is 10.1. The lowest BCUT2D eigenvalue weighted by Crippen LogP contribution is -2.52. The fraction of sp³-hybridized carbons (Fsp3) is 0.481. The Labute approximate surface area is 223 Å². The van der Waals surface area contributed by atoms with Crippen LogP contribution in [0.2, 0.25) is 0 Å². The maximum atomic E-state index is 13.3. The second kappa shape index (κ2) is 12.2. The Morgan fingerprint density at radius 2 is 1.63 bits per heavy atom. The van der Waals surface area contributed by atoms with Gasteiger partial charge in [0, 0.05) is 25.0 Å². The van der Waals surface area contributed by atoms with Gasteiger partial charge in [0.15, 0.2) is 0 Å². The fourth-order valence-corrected chi connectivity index (χ4v) is 4.75. The molecule has 2 rings (SSSR count). The van der Waals surface area contributed by atoms with Gasteiger partial charge in [-0.1, -0.05) is 35.9 Å². The van der Waals surface area contributed by atoms with E-state index in [0.717, 1.165) is 39.9 Å². The van der Waals surface area contributed by atoms with Crippen molar-refractivity contribution in [3.05, 3.63) is 65.2 Å². The highest BCUT2D eigenvalue weighted by molar-refractivity contribution is 7.92. The predicted molar refractivity (Wildman–Crippen MR) is 142 cm³/mol. The van der Waals surface area contributed by atoms with Gasteiger partial charge in [-0.05, 0) is 64.8 Å². The number of carbonyl (C=O) groups excluding carboxylic acids is 2. The van der Waals surface area contributed by atoms with Crippen molar-refractivity contribution in [2.75, 3.05) is 17.1 Å². The maximum Gasteiger partial charge on any atom is 0.416 e. The summed E-state index contributed by atoms with van der Waals surface area (Å²) in [6.45, 7) is 9.02. The van der Waals surface area contributed by atoms with E-state index in [4.69, 9.17) is 0 Å². The summed E-state index contributed by atoms with van der Waals surface area (Å²) >= 11 is 0. The van der Waals surface area contributed by atoms with Crippen molar-refractivity contribution in [1.29, 1.82) is 0 Å². The van der Waals surface area contributed by atoms with E-state index in [1.807, 2.05) is 52.0 Å². The minimum Gasteiger partial charge on any atom is -0.350 e. The summed E-state index contributed by atoms with van der Waals surface area (Å²) in [5.74, 6) is -0.709. The van der Waals surface area contributed by atoms with Crippen molar-refractivity contribution < 1.29 is 31.2 Å². The average Bonchev–Trinajstić information content (AvgIpc) is 2.78. The second-order valence-electron chi connectivity index (χ2n) is 10.4. The first-order valence-electron chi connectivity index (χ1n) is 12.2. The molecule has 0 aliphatic heterocycles. The molecule has 1 N–H and O–H groups in total. The number of benzene rings is 2. The van der Waals surface area contributed by atoms with Crippen LogP contribution < -0.4 is 9.62 Å². The molecule has 0 aliphatic rings. The molecular formula is C27H36F3N3O4S. The van der Waals surface area contributed by atoms with E-state index >= 15 is 0 Å². The van der Waals surface area contributed by atoms with Crippen LogP contribution >= 0.6 is 0 Å². The van der Waals surface area contributed by atoms with Crippen LogP contribution in [-0.2, 0) is 32.3 Å². The Bertz CT molecular complexity index is 1220. The molecule has 2 aromatic rings. The summed E-state index contributed by atoms with van der Waals surface area (Å²) in [7, 11) is -3.92. The van der Waals surface area contributed by atoms with Crippen LogP contribution in [0.5, 0.6) is 0 Å². The van der Waals surface area contributed by atoms with Crippen molar-refractivity contribution in [2.45, 2.75) is 71.8 Å². The molecule has 0 aliphatic carbocycles. The highest BCUT2D eigenvalue weighted by Crippen LogP contribution is 2.32. The molecule has 0 unspecified atom stereocenters. The van der Waals surface area contributed by atoms with Gasteiger partial charge in [0.1, 0.15) is 6.04 Å². The largest absolute Gasteiger partial charge is 0.416 e. The third kappa shape index (κ3) is 9.34. The lowest BCUT2D eigenvalue weighted by Gasteiger charge is -2.32. The van der Waals surface area contributed by atoms with Crippen LogP contribution in [0.3, 0.4) is 0 Å². The molecule has 38 heavy (non-hydrogen) atoms. The summed E-state index contributed by atoms with van der Waals surface area (Å²) in [5, 5.41) is 2.87. The summed E-state index contributed by atoms with van der Waals surface area (Å²) in [4.78, 5) is 27.6. The minimum atomic E-state index is -4.63. The van der Waals surface area contributed by atoms with Gasteiger partial charge in [-0.3, -0.25) is 13.9 Å². The first-order valence-corrected chi connectivity index (χ1v) is 14.1. The number of alkyl halides is 3. The van der Waals surface area contributed by atoms with Gasteiger partial charge in [0.2, 0.25) is 21.8 Å². The summed E-state index contributed by atoms with van der Waals surface area (Å²) in [5.41, 5.74) is 0.249. The van der Waals surface area contributed by atoms with Crippen LogP contribution in [0.15, 0.2) is 48.5 Å². The zero-order valence-electron chi connectivity index (χ0n) is 22.6. The van der Waals surface area contributed by atoms with Gasteiger partial charge in [0.05, 0.1) is 17.5 Å². The van der Waals surface area contributed by atoms with Gasteiger partial charge >= 0.3 is 6.18 Å². The van der Waals surface area contributed by atoms with Crippen molar-refractivity contribution >= 4 is 27.5 Å². The molecule has 0 aromatic heterocycles. The average molecular weight is 556 g/mol. The summed E-state index contributed by atoms with van der Waals surface area (Å²) < 4.78 is 65.2. The van der Waals surface area contributed by atoms with Crippen molar-refractivity contribution in [1.82, 2.24) is 10.2 Å². The van der Waals surface area contributed by atoms with E-state index in [1.54, 1.807) is 6.92 Å². The summed E-state index contributed by atoms with van der Waals surface area (Å²) in [6, 6.07) is 10.8. The molecule has 210 valence electrons. The number of rotatable bonds is 10. The molecule has 0 saturated heterocycles. The number of nitrogens with one attached hydrogen (secondary N) is 1. The standard InChI is InChI=1S/C27H36F3N3O4S/c1-19-12-14-21(15-13-19)18-32(20(2)25(35)31-26(3,4)5)24(34)11-8-16-33(38(6,36)37)23-10-7-9-22(17-23)27(28,29)30/h7,9-10,12-15,17,20H,8,11,16,18H2,1-6H3,(H,31,35)/t20-/m1/s1. The van der Waals surface area contributed by atoms with Crippen LogP contribution in [-0.4, -0.2) is 49.5 Å². The Morgan fingerprint density at radius 3 is 2.16 bits per heavy atom. The SMILES string of the molecule is Cc1ccc(CN(C(=O)CCCN(c2cccc(C(F)(F)F)c2)S(C)(=O)=O)[C@H](C)C(=O)NC(C)(C)C)cc1. The van der Waals surface area contributed by atoms with E-state index in [9.17, 15) is 31.2 Å². The Balaban J connectivity index is 2.23. The molecule has 0 bridgehead atoms. The van der Waals surface area contributed by atoms with Crippen LogP contribution in [0.1, 0.15) is 57.2 Å². The fourth-order valence-electron chi connectivity index (χ4n) is 3.79. The topological polar surface area (TPSA) is 86.8 Å². The van der Waals surface area contributed by atoms with Gasteiger partial charge < -0.3 is 10.2 Å². The molecule has 0 heterocycles.